The van der Waals surface area contributed by atoms with Crippen LogP contribution in [0.4, 0.5) is 0 Å². The van der Waals surface area contributed by atoms with Gasteiger partial charge in [-0.05, 0) is 24.7 Å². The first kappa shape index (κ1) is 17.5. The number of ether oxygens (including phenoxy) is 1. The molecule has 0 spiro atoms. The summed E-state index contributed by atoms with van der Waals surface area (Å²) in [5.74, 6) is 2.15. The first-order valence-electron chi connectivity index (χ1n) is 8.53. The Hall–Kier alpha value is -0.560. The summed E-state index contributed by atoms with van der Waals surface area (Å²) in [6.07, 6.45) is 13.5. The van der Waals surface area contributed by atoms with E-state index in [0.717, 1.165) is 24.9 Å². The second kappa shape index (κ2) is 9.39. The maximum atomic E-state index is 6.05. The van der Waals surface area contributed by atoms with Crippen molar-refractivity contribution >= 4 is 0 Å². The third kappa shape index (κ3) is 6.74. The second-order valence-corrected chi connectivity index (χ2v) is 6.87. The Morgan fingerprint density at radius 2 is 1.90 bits per heavy atom. The van der Waals surface area contributed by atoms with E-state index < -0.39 is 0 Å². The fraction of sp³-hybridized carbons (Fsp3) is 0.789. The van der Waals surface area contributed by atoms with E-state index in [4.69, 9.17) is 4.74 Å². The molecule has 1 aliphatic carbocycles. The van der Waals surface area contributed by atoms with Crippen LogP contribution in [-0.2, 0) is 4.74 Å². The molecule has 0 N–H and O–H groups in total. The monoisotopic (exact) mass is 278 g/mol. The van der Waals surface area contributed by atoms with Gasteiger partial charge in [0.25, 0.3) is 0 Å². The largest absolute Gasteiger partial charge is 0.374 e. The summed E-state index contributed by atoms with van der Waals surface area (Å²) in [5, 5.41) is 0. The highest BCUT2D eigenvalue weighted by molar-refractivity contribution is 5.25. The molecule has 0 aromatic rings. The Balaban J connectivity index is 2.15. The Morgan fingerprint density at radius 1 is 1.15 bits per heavy atom. The molecule has 1 aliphatic rings. The van der Waals surface area contributed by atoms with Crippen molar-refractivity contribution in [2.75, 3.05) is 6.61 Å². The van der Waals surface area contributed by atoms with Crippen LogP contribution in [0.3, 0.4) is 0 Å². The molecule has 0 aromatic carbocycles. The molecule has 0 bridgehead atoms. The zero-order chi connectivity index (χ0) is 15.0. The summed E-state index contributed by atoms with van der Waals surface area (Å²) < 4.78 is 6.05. The Labute approximate surface area is 126 Å². The lowest BCUT2D eigenvalue weighted by molar-refractivity contribution is 0.0526. The molecule has 0 radical (unpaired) electrons. The summed E-state index contributed by atoms with van der Waals surface area (Å²) in [7, 11) is 0. The Bertz CT molecular complexity index is 314. The number of hydrogen-bond acceptors (Lipinski definition) is 1. The van der Waals surface area contributed by atoms with E-state index in [2.05, 4.69) is 52.8 Å². The highest BCUT2D eigenvalue weighted by atomic mass is 16.5. The van der Waals surface area contributed by atoms with Crippen molar-refractivity contribution in [1.29, 1.82) is 0 Å². The van der Waals surface area contributed by atoms with Crippen molar-refractivity contribution < 1.29 is 4.74 Å². The van der Waals surface area contributed by atoms with Crippen LogP contribution < -0.4 is 0 Å². The highest BCUT2D eigenvalue weighted by Gasteiger charge is 2.17. The maximum Gasteiger partial charge on any atom is 0.0819 e. The van der Waals surface area contributed by atoms with Crippen LogP contribution in [0, 0.1) is 17.8 Å². The van der Waals surface area contributed by atoms with Crippen molar-refractivity contribution in [3.05, 3.63) is 23.8 Å². The van der Waals surface area contributed by atoms with E-state index in [9.17, 15) is 0 Å². The summed E-state index contributed by atoms with van der Waals surface area (Å²) in [4.78, 5) is 0. The minimum Gasteiger partial charge on any atom is -0.374 e. The average Bonchev–Trinajstić information content (AvgIpc) is 2.40. The normalized spacial score (nSPS) is 24.0. The predicted molar refractivity (Wildman–Crippen MR) is 88.9 cm³/mol. The van der Waals surface area contributed by atoms with Gasteiger partial charge in [-0.15, -0.1) is 0 Å². The van der Waals surface area contributed by atoms with E-state index in [0.29, 0.717) is 5.92 Å². The van der Waals surface area contributed by atoms with Crippen molar-refractivity contribution in [3.63, 3.8) is 0 Å². The molecule has 3 atom stereocenters. The van der Waals surface area contributed by atoms with Crippen LogP contribution in [-0.4, -0.2) is 12.7 Å². The van der Waals surface area contributed by atoms with Gasteiger partial charge in [-0.1, -0.05) is 77.7 Å². The fourth-order valence-corrected chi connectivity index (χ4v) is 2.75. The van der Waals surface area contributed by atoms with E-state index in [1.165, 1.54) is 31.3 Å². The van der Waals surface area contributed by atoms with Gasteiger partial charge in [0.15, 0.2) is 0 Å². The molecule has 0 aromatic heterocycles. The molecular formula is C19H34O. The SMILES string of the molecule is CCC1=CC(C)C(OCCC(C)CCCC(C)C)C=C1. The van der Waals surface area contributed by atoms with Crippen LogP contribution in [0.2, 0.25) is 0 Å². The molecule has 1 heteroatoms. The van der Waals surface area contributed by atoms with Crippen molar-refractivity contribution in [3.8, 4) is 0 Å². The molecular weight excluding hydrogens is 244 g/mol. The number of rotatable bonds is 9. The van der Waals surface area contributed by atoms with Gasteiger partial charge in [0.05, 0.1) is 6.10 Å². The molecule has 0 fully saturated rings. The van der Waals surface area contributed by atoms with Crippen molar-refractivity contribution in [2.45, 2.75) is 72.8 Å². The lowest BCUT2D eigenvalue weighted by Gasteiger charge is -2.24. The molecule has 0 saturated carbocycles. The standard InChI is InChI=1S/C19H34O/c1-6-18-10-11-19(17(5)14-18)20-13-12-16(4)9-7-8-15(2)3/h10-11,14-17,19H,6-9,12-13H2,1-5H3. The molecule has 0 amide bonds. The number of hydrogen-bond donors (Lipinski definition) is 0. The van der Waals surface area contributed by atoms with Crippen molar-refractivity contribution in [1.82, 2.24) is 0 Å². The topological polar surface area (TPSA) is 9.23 Å². The average molecular weight is 278 g/mol. The lowest BCUT2D eigenvalue weighted by Crippen LogP contribution is -2.22. The Kier molecular flexibility index (Phi) is 8.21. The van der Waals surface area contributed by atoms with E-state index in [-0.39, 0.29) is 6.10 Å². The van der Waals surface area contributed by atoms with Crippen LogP contribution >= 0.6 is 0 Å². The van der Waals surface area contributed by atoms with Gasteiger partial charge in [-0.3, -0.25) is 0 Å². The van der Waals surface area contributed by atoms with Crippen LogP contribution in [0.15, 0.2) is 23.8 Å². The summed E-state index contributed by atoms with van der Waals surface area (Å²) >= 11 is 0. The van der Waals surface area contributed by atoms with Gasteiger partial charge < -0.3 is 4.74 Å². The van der Waals surface area contributed by atoms with Crippen LogP contribution in [0.25, 0.3) is 0 Å². The smallest absolute Gasteiger partial charge is 0.0819 e. The van der Waals surface area contributed by atoms with Crippen LogP contribution in [0.5, 0.6) is 0 Å². The summed E-state index contributed by atoms with van der Waals surface area (Å²) in [6.45, 7) is 12.3. The Morgan fingerprint density at radius 3 is 2.50 bits per heavy atom. The van der Waals surface area contributed by atoms with Crippen molar-refractivity contribution in [2.24, 2.45) is 17.8 Å². The summed E-state index contributed by atoms with van der Waals surface area (Å²) in [6, 6.07) is 0. The summed E-state index contributed by atoms with van der Waals surface area (Å²) in [5.41, 5.74) is 1.44. The van der Waals surface area contributed by atoms with Gasteiger partial charge in [-0.25, -0.2) is 0 Å². The molecule has 3 unspecified atom stereocenters. The van der Waals surface area contributed by atoms with Gasteiger partial charge in [0, 0.05) is 12.5 Å². The molecule has 0 saturated heterocycles. The zero-order valence-corrected chi connectivity index (χ0v) is 14.2. The van der Waals surface area contributed by atoms with Gasteiger partial charge >= 0.3 is 0 Å². The van der Waals surface area contributed by atoms with E-state index >= 15 is 0 Å². The molecule has 20 heavy (non-hydrogen) atoms. The molecule has 1 nitrogen and oxygen atoms in total. The highest BCUT2D eigenvalue weighted by Crippen LogP contribution is 2.22. The lowest BCUT2D eigenvalue weighted by atomic mass is 9.94. The van der Waals surface area contributed by atoms with Crippen LogP contribution in [0.1, 0.15) is 66.7 Å². The zero-order valence-electron chi connectivity index (χ0n) is 14.2. The molecule has 116 valence electrons. The molecule has 0 heterocycles. The third-order valence-corrected chi connectivity index (χ3v) is 4.30. The predicted octanol–water partition coefficient (Wildman–Crippen LogP) is 5.77. The maximum absolute atomic E-state index is 6.05. The second-order valence-electron chi connectivity index (χ2n) is 6.87. The number of allylic oxidation sites excluding steroid dienone is 2. The quantitative estimate of drug-likeness (QED) is 0.520. The van der Waals surface area contributed by atoms with E-state index in [1.54, 1.807) is 0 Å². The first-order chi connectivity index (χ1) is 9.52. The van der Waals surface area contributed by atoms with Gasteiger partial charge in [0.1, 0.15) is 0 Å². The molecule has 1 rings (SSSR count). The minimum absolute atomic E-state index is 0.285. The molecule has 0 aliphatic heterocycles. The first-order valence-corrected chi connectivity index (χ1v) is 8.53. The third-order valence-electron chi connectivity index (χ3n) is 4.30. The van der Waals surface area contributed by atoms with Gasteiger partial charge in [-0.2, -0.15) is 0 Å². The van der Waals surface area contributed by atoms with E-state index in [1.807, 2.05) is 0 Å². The minimum atomic E-state index is 0.285. The fourth-order valence-electron chi connectivity index (χ4n) is 2.75. The van der Waals surface area contributed by atoms with Gasteiger partial charge in [0.2, 0.25) is 0 Å².